The van der Waals surface area contributed by atoms with Gasteiger partial charge in [-0.2, -0.15) is 5.10 Å². The van der Waals surface area contributed by atoms with Crippen LogP contribution in [0, 0.1) is 5.41 Å². The maximum absolute atomic E-state index is 6.62. The second-order valence-electron chi connectivity index (χ2n) is 6.83. The van der Waals surface area contributed by atoms with Gasteiger partial charge in [-0.25, -0.2) is 0 Å². The number of rotatable bonds is 3. The van der Waals surface area contributed by atoms with Gasteiger partial charge in [-0.1, -0.05) is 20.3 Å². The molecule has 1 unspecified atom stereocenters. The first-order valence-electron chi connectivity index (χ1n) is 7.16. The summed E-state index contributed by atoms with van der Waals surface area (Å²) in [6.45, 7) is 4.75. The zero-order chi connectivity index (χ0) is 13.2. The highest BCUT2D eigenvalue weighted by Crippen LogP contribution is 2.38. The van der Waals surface area contributed by atoms with Gasteiger partial charge in [0, 0.05) is 24.5 Å². The van der Waals surface area contributed by atoms with Crippen LogP contribution in [0.25, 0.3) is 0 Å². The molecule has 0 amide bonds. The fourth-order valence-corrected chi connectivity index (χ4v) is 3.03. The minimum absolute atomic E-state index is 0.0397. The molecule has 102 valence electrons. The SMILES string of the molecule is Cn1nccc1CCC1(N)CCCC(C)(C)CC1. The number of nitrogens with zero attached hydrogens (tertiary/aromatic N) is 2. The van der Waals surface area contributed by atoms with Gasteiger partial charge in [-0.3, -0.25) is 4.68 Å². The van der Waals surface area contributed by atoms with E-state index in [1.54, 1.807) is 0 Å². The number of aromatic nitrogens is 2. The van der Waals surface area contributed by atoms with E-state index in [-0.39, 0.29) is 5.54 Å². The predicted molar refractivity (Wildman–Crippen MR) is 75.3 cm³/mol. The van der Waals surface area contributed by atoms with Crippen molar-refractivity contribution in [2.75, 3.05) is 0 Å². The molecule has 3 heteroatoms. The van der Waals surface area contributed by atoms with Crippen LogP contribution in [0.5, 0.6) is 0 Å². The van der Waals surface area contributed by atoms with Crippen molar-refractivity contribution in [2.45, 2.75) is 64.3 Å². The first-order chi connectivity index (χ1) is 8.40. The van der Waals surface area contributed by atoms with Gasteiger partial charge in [0.2, 0.25) is 0 Å². The molecule has 1 aromatic rings. The monoisotopic (exact) mass is 249 g/mol. The lowest BCUT2D eigenvalue weighted by atomic mass is 9.82. The van der Waals surface area contributed by atoms with Gasteiger partial charge in [0.1, 0.15) is 0 Å². The molecule has 1 aliphatic rings. The average Bonchev–Trinajstić information content (AvgIpc) is 2.64. The molecule has 2 rings (SSSR count). The highest BCUT2D eigenvalue weighted by atomic mass is 15.2. The lowest BCUT2D eigenvalue weighted by Crippen LogP contribution is -2.40. The van der Waals surface area contributed by atoms with Gasteiger partial charge in [0.05, 0.1) is 0 Å². The molecular formula is C15H27N3. The lowest BCUT2D eigenvalue weighted by Gasteiger charge is -2.29. The van der Waals surface area contributed by atoms with Crippen molar-refractivity contribution in [3.05, 3.63) is 18.0 Å². The topological polar surface area (TPSA) is 43.8 Å². The van der Waals surface area contributed by atoms with Crippen LogP contribution in [0.4, 0.5) is 0 Å². The van der Waals surface area contributed by atoms with Gasteiger partial charge in [0.25, 0.3) is 0 Å². The van der Waals surface area contributed by atoms with Crippen LogP contribution >= 0.6 is 0 Å². The zero-order valence-electron chi connectivity index (χ0n) is 12.1. The second kappa shape index (κ2) is 5.04. The van der Waals surface area contributed by atoms with Crippen LogP contribution in [0.1, 0.15) is 58.1 Å². The lowest BCUT2D eigenvalue weighted by molar-refractivity contribution is 0.290. The fourth-order valence-electron chi connectivity index (χ4n) is 3.03. The molecule has 1 aromatic heterocycles. The van der Waals surface area contributed by atoms with Gasteiger partial charge in [-0.15, -0.1) is 0 Å². The van der Waals surface area contributed by atoms with Crippen LogP contribution in [0.2, 0.25) is 0 Å². The Balaban J connectivity index is 1.93. The van der Waals surface area contributed by atoms with E-state index in [0.717, 1.165) is 19.3 Å². The molecule has 0 aliphatic heterocycles. The van der Waals surface area contributed by atoms with Crippen molar-refractivity contribution in [2.24, 2.45) is 18.2 Å². The summed E-state index contributed by atoms with van der Waals surface area (Å²) in [6, 6.07) is 2.10. The van der Waals surface area contributed by atoms with Gasteiger partial charge in [0.15, 0.2) is 0 Å². The smallest absolute Gasteiger partial charge is 0.0492 e. The number of nitrogens with two attached hydrogens (primary N) is 1. The Bertz CT molecular complexity index is 394. The molecule has 18 heavy (non-hydrogen) atoms. The molecule has 0 bridgehead atoms. The highest BCUT2D eigenvalue weighted by Gasteiger charge is 2.32. The quantitative estimate of drug-likeness (QED) is 0.837. The Hall–Kier alpha value is -0.830. The third-order valence-electron chi connectivity index (χ3n) is 4.63. The predicted octanol–water partition coefficient (Wildman–Crippen LogP) is 3.04. The van der Waals surface area contributed by atoms with E-state index in [4.69, 9.17) is 5.73 Å². The molecule has 1 aliphatic carbocycles. The van der Waals surface area contributed by atoms with E-state index in [9.17, 15) is 0 Å². The summed E-state index contributed by atoms with van der Waals surface area (Å²) in [5.74, 6) is 0. The van der Waals surface area contributed by atoms with E-state index in [2.05, 4.69) is 25.0 Å². The van der Waals surface area contributed by atoms with Crippen LogP contribution in [0.15, 0.2) is 12.3 Å². The largest absolute Gasteiger partial charge is 0.325 e. The molecule has 3 nitrogen and oxygen atoms in total. The molecule has 0 aromatic carbocycles. The summed E-state index contributed by atoms with van der Waals surface area (Å²) in [5.41, 5.74) is 8.43. The molecule has 0 radical (unpaired) electrons. The molecule has 1 atom stereocenters. The first kappa shape index (κ1) is 13.6. The van der Waals surface area contributed by atoms with Crippen molar-refractivity contribution in [1.29, 1.82) is 0 Å². The third kappa shape index (κ3) is 3.35. The molecule has 1 heterocycles. The van der Waals surface area contributed by atoms with Crippen LogP contribution < -0.4 is 5.73 Å². The Morgan fingerprint density at radius 1 is 1.28 bits per heavy atom. The zero-order valence-corrected chi connectivity index (χ0v) is 12.1. The van der Waals surface area contributed by atoms with E-state index in [1.807, 2.05) is 17.9 Å². The number of hydrogen-bond donors (Lipinski definition) is 1. The van der Waals surface area contributed by atoms with Crippen molar-refractivity contribution in [3.8, 4) is 0 Å². The average molecular weight is 249 g/mol. The summed E-state index contributed by atoms with van der Waals surface area (Å²) in [4.78, 5) is 0. The van der Waals surface area contributed by atoms with Crippen LogP contribution in [-0.4, -0.2) is 15.3 Å². The fraction of sp³-hybridized carbons (Fsp3) is 0.800. The van der Waals surface area contributed by atoms with E-state index in [0.29, 0.717) is 5.41 Å². The number of hydrogen-bond acceptors (Lipinski definition) is 2. The van der Waals surface area contributed by atoms with Crippen molar-refractivity contribution < 1.29 is 0 Å². The molecule has 2 N–H and O–H groups in total. The maximum atomic E-state index is 6.62. The van der Waals surface area contributed by atoms with E-state index >= 15 is 0 Å². The normalized spacial score (nSPS) is 28.0. The van der Waals surface area contributed by atoms with Crippen molar-refractivity contribution >= 4 is 0 Å². The second-order valence-corrected chi connectivity index (χ2v) is 6.83. The molecular weight excluding hydrogens is 222 g/mol. The summed E-state index contributed by atoms with van der Waals surface area (Å²) in [7, 11) is 2.01. The summed E-state index contributed by atoms with van der Waals surface area (Å²) >= 11 is 0. The highest BCUT2D eigenvalue weighted by molar-refractivity contribution is 5.02. The van der Waals surface area contributed by atoms with Gasteiger partial charge >= 0.3 is 0 Å². The Kier molecular flexibility index (Phi) is 3.81. The van der Waals surface area contributed by atoms with Crippen molar-refractivity contribution in [1.82, 2.24) is 9.78 Å². The minimum atomic E-state index is 0.0397. The standard InChI is InChI=1S/C15H27N3/c1-14(2)7-4-8-15(16,11-10-14)9-5-13-6-12-17-18(13)3/h6,12H,4-5,7-11,16H2,1-3H3. The van der Waals surface area contributed by atoms with E-state index in [1.165, 1.54) is 31.4 Å². The summed E-state index contributed by atoms with van der Waals surface area (Å²) in [6.07, 6.45) is 10.2. The van der Waals surface area contributed by atoms with Gasteiger partial charge in [-0.05, 0) is 50.0 Å². The molecule has 1 saturated carbocycles. The Labute approximate surface area is 111 Å². The molecule has 0 saturated heterocycles. The Morgan fingerprint density at radius 2 is 2.06 bits per heavy atom. The van der Waals surface area contributed by atoms with Crippen molar-refractivity contribution in [3.63, 3.8) is 0 Å². The van der Waals surface area contributed by atoms with Gasteiger partial charge < -0.3 is 5.73 Å². The van der Waals surface area contributed by atoms with Crippen LogP contribution in [0.3, 0.4) is 0 Å². The summed E-state index contributed by atoms with van der Waals surface area (Å²) < 4.78 is 1.96. The molecule has 1 fully saturated rings. The summed E-state index contributed by atoms with van der Waals surface area (Å²) in [5, 5.41) is 4.22. The first-order valence-corrected chi connectivity index (χ1v) is 7.16. The minimum Gasteiger partial charge on any atom is -0.325 e. The molecule has 0 spiro atoms. The third-order valence-corrected chi connectivity index (χ3v) is 4.63. The Morgan fingerprint density at radius 3 is 2.72 bits per heavy atom. The maximum Gasteiger partial charge on any atom is 0.0492 e. The number of aryl methyl sites for hydroxylation is 2. The van der Waals surface area contributed by atoms with E-state index < -0.39 is 0 Å². The van der Waals surface area contributed by atoms with Crippen LogP contribution in [-0.2, 0) is 13.5 Å².